The van der Waals surface area contributed by atoms with Crippen LogP contribution in [0.3, 0.4) is 0 Å². The van der Waals surface area contributed by atoms with Crippen LogP contribution in [0.4, 0.5) is 0 Å². The summed E-state index contributed by atoms with van der Waals surface area (Å²) >= 11 is 0. The molecule has 41 heavy (non-hydrogen) atoms. The molecule has 0 unspecified atom stereocenters. The average molecular weight is 559 g/mol. The lowest BCUT2D eigenvalue weighted by atomic mass is 9.95. The van der Waals surface area contributed by atoms with Crippen molar-refractivity contribution in [2.45, 2.75) is 38.1 Å². The lowest BCUT2D eigenvalue weighted by Crippen LogP contribution is -2.59. The molecule has 214 valence electrons. The van der Waals surface area contributed by atoms with Gasteiger partial charge in [0.2, 0.25) is 5.91 Å². The molecule has 0 radical (unpaired) electrons. The molecule has 5 rings (SSSR count). The average Bonchev–Trinajstić information content (AvgIpc) is 3.38. The van der Waals surface area contributed by atoms with Gasteiger partial charge in [-0.15, -0.1) is 0 Å². The number of nitrogens with zero attached hydrogens (tertiary/aromatic N) is 3. The molecule has 1 N–H and O–H groups in total. The monoisotopic (exact) mass is 558 g/mol. The van der Waals surface area contributed by atoms with Crippen LogP contribution in [0.25, 0.3) is 0 Å². The van der Waals surface area contributed by atoms with Crippen molar-refractivity contribution in [3.05, 3.63) is 89.2 Å². The number of benzene rings is 2. The first-order chi connectivity index (χ1) is 19.9. The van der Waals surface area contributed by atoms with E-state index in [4.69, 9.17) is 14.2 Å². The van der Waals surface area contributed by atoms with Crippen LogP contribution >= 0.6 is 0 Å². The minimum atomic E-state index is -1.01. The molecule has 1 atom stereocenters. The molecule has 1 aromatic heterocycles. The van der Waals surface area contributed by atoms with Crippen molar-refractivity contribution in [1.29, 1.82) is 0 Å². The van der Waals surface area contributed by atoms with E-state index in [1.807, 2.05) is 31.2 Å². The molecule has 2 aliphatic heterocycles. The minimum absolute atomic E-state index is 0.0696. The number of aromatic nitrogens is 1. The highest BCUT2D eigenvalue weighted by Gasteiger charge is 2.54. The van der Waals surface area contributed by atoms with E-state index >= 15 is 0 Å². The number of aryl methyl sites for hydroxylation is 1. The van der Waals surface area contributed by atoms with Crippen LogP contribution in [0.1, 0.15) is 44.7 Å². The Morgan fingerprint density at radius 2 is 1.76 bits per heavy atom. The number of carbonyl (C=O) groups is 3. The highest BCUT2D eigenvalue weighted by Crippen LogP contribution is 2.39. The van der Waals surface area contributed by atoms with Crippen molar-refractivity contribution < 1.29 is 28.6 Å². The van der Waals surface area contributed by atoms with E-state index < -0.39 is 11.8 Å². The predicted molar refractivity (Wildman–Crippen MR) is 151 cm³/mol. The Kier molecular flexibility index (Phi) is 8.21. The molecule has 0 saturated carbocycles. The Bertz CT molecular complexity index is 1420. The summed E-state index contributed by atoms with van der Waals surface area (Å²) in [6.07, 6.45) is 4.10. The third kappa shape index (κ3) is 5.60. The number of hydrogen-bond acceptors (Lipinski definition) is 7. The van der Waals surface area contributed by atoms with E-state index in [-0.39, 0.29) is 30.9 Å². The van der Waals surface area contributed by atoms with Gasteiger partial charge in [0.15, 0.2) is 11.5 Å². The number of rotatable bonds is 7. The van der Waals surface area contributed by atoms with Gasteiger partial charge in [0.1, 0.15) is 11.8 Å². The quantitative estimate of drug-likeness (QED) is 0.474. The molecule has 3 heterocycles. The summed E-state index contributed by atoms with van der Waals surface area (Å²) in [5, 5.41) is 2.94. The molecule has 3 aromatic rings. The summed E-state index contributed by atoms with van der Waals surface area (Å²) in [4.78, 5) is 48.3. The molecule has 2 fully saturated rings. The van der Waals surface area contributed by atoms with Crippen LogP contribution in [0.2, 0.25) is 0 Å². The number of amides is 3. The van der Waals surface area contributed by atoms with E-state index in [9.17, 15) is 14.4 Å². The molecule has 1 spiro atoms. The second-order valence-electron chi connectivity index (χ2n) is 10.2. The Hall–Kier alpha value is -4.44. The number of hydrogen-bond donors (Lipinski definition) is 1. The summed E-state index contributed by atoms with van der Waals surface area (Å²) in [6.45, 7) is 2.94. The minimum Gasteiger partial charge on any atom is -0.493 e. The van der Waals surface area contributed by atoms with Crippen LogP contribution in [0, 0.1) is 6.92 Å². The molecular formula is C31H34N4O6. The van der Waals surface area contributed by atoms with Crippen LogP contribution < -0.4 is 14.8 Å². The van der Waals surface area contributed by atoms with Gasteiger partial charge in [0, 0.05) is 56.0 Å². The van der Waals surface area contributed by atoms with E-state index in [0.29, 0.717) is 48.6 Å². The molecule has 2 aromatic carbocycles. The van der Waals surface area contributed by atoms with Crippen molar-refractivity contribution in [3.8, 4) is 11.5 Å². The first kappa shape index (κ1) is 28.1. The van der Waals surface area contributed by atoms with E-state index in [2.05, 4.69) is 10.3 Å². The Morgan fingerprint density at radius 1 is 1.00 bits per heavy atom. The molecule has 3 amide bonds. The normalized spacial score (nSPS) is 17.8. The summed E-state index contributed by atoms with van der Waals surface area (Å²) < 4.78 is 17.0. The standard InChI is InChI=1S/C31H34N4O6/c1-21-7-4-5-9-24(21)30(38)35-25(28(36)33-19-22-8-6-14-32-18-22)20-41-31(35)12-15-34(16-13-31)29(37)23-10-11-26(39-2)27(17-23)40-3/h4-11,14,17-18,25H,12-13,15-16,19-20H2,1-3H3,(H,33,36)/t25-/m0/s1. The van der Waals surface area contributed by atoms with Crippen molar-refractivity contribution in [2.24, 2.45) is 0 Å². The molecule has 10 heteroatoms. The largest absolute Gasteiger partial charge is 0.493 e. The van der Waals surface area contributed by atoms with Gasteiger partial charge in [-0.3, -0.25) is 24.3 Å². The lowest BCUT2D eigenvalue weighted by Gasteiger charge is -2.44. The Morgan fingerprint density at radius 3 is 2.44 bits per heavy atom. The number of ether oxygens (including phenoxy) is 3. The number of likely N-dealkylation sites (tertiary alicyclic amines) is 1. The smallest absolute Gasteiger partial charge is 0.257 e. The zero-order valence-corrected chi connectivity index (χ0v) is 23.5. The van der Waals surface area contributed by atoms with Gasteiger partial charge in [-0.05, 0) is 48.4 Å². The van der Waals surface area contributed by atoms with E-state index in [1.165, 1.54) is 7.11 Å². The predicted octanol–water partition coefficient (Wildman–Crippen LogP) is 3.20. The van der Waals surface area contributed by atoms with Gasteiger partial charge in [0.05, 0.1) is 20.8 Å². The van der Waals surface area contributed by atoms with Gasteiger partial charge < -0.3 is 24.4 Å². The zero-order chi connectivity index (χ0) is 29.0. The summed E-state index contributed by atoms with van der Waals surface area (Å²) in [6, 6.07) is 15.3. The maximum atomic E-state index is 14.0. The third-order valence-corrected chi connectivity index (χ3v) is 7.81. The first-order valence-corrected chi connectivity index (χ1v) is 13.6. The van der Waals surface area contributed by atoms with Crippen molar-refractivity contribution >= 4 is 17.7 Å². The van der Waals surface area contributed by atoms with Crippen molar-refractivity contribution in [2.75, 3.05) is 33.9 Å². The second-order valence-corrected chi connectivity index (χ2v) is 10.2. The van der Waals surface area contributed by atoms with Gasteiger partial charge in [-0.25, -0.2) is 0 Å². The SMILES string of the molecule is COc1ccc(C(=O)N2CCC3(CC2)OC[C@@H](C(=O)NCc2cccnc2)N3C(=O)c2ccccc2C)cc1OC. The topological polar surface area (TPSA) is 110 Å². The summed E-state index contributed by atoms with van der Waals surface area (Å²) in [5.74, 6) is 0.306. The zero-order valence-electron chi connectivity index (χ0n) is 23.5. The van der Waals surface area contributed by atoms with Crippen LogP contribution in [-0.4, -0.2) is 78.2 Å². The fraction of sp³-hybridized carbons (Fsp3) is 0.355. The summed E-state index contributed by atoms with van der Waals surface area (Å²) in [7, 11) is 3.07. The Balaban J connectivity index is 1.36. The molecule has 0 aliphatic carbocycles. The third-order valence-electron chi connectivity index (χ3n) is 7.81. The van der Waals surface area contributed by atoms with E-state index in [0.717, 1.165) is 11.1 Å². The maximum absolute atomic E-state index is 14.0. The maximum Gasteiger partial charge on any atom is 0.257 e. The lowest BCUT2D eigenvalue weighted by molar-refractivity contribution is -0.128. The van der Waals surface area contributed by atoms with Crippen molar-refractivity contribution in [1.82, 2.24) is 20.1 Å². The van der Waals surface area contributed by atoms with Gasteiger partial charge >= 0.3 is 0 Å². The van der Waals surface area contributed by atoms with Crippen LogP contribution in [0.5, 0.6) is 11.5 Å². The Labute approximate surface area is 239 Å². The van der Waals surface area contributed by atoms with Crippen LogP contribution in [0.15, 0.2) is 67.0 Å². The number of pyridine rings is 1. The second kappa shape index (κ2) is 12.0. The van der Waals surface area contributed by atoms with E-state index in [1.54, 1.807) is 59.6 Å². The number of methoxy groups -OCH3 is 2. The van der Waals surface area contributed by atoms with Gasteiger partial charge in [-0.2, -0.15) is 0 Å². The molecule has 10 nitrogen and oxygen atoms in total. The first-order valence-electron chi connectivity index (χ1n) is 13.6. The summed E-state index contributed by atoms with van der Waals surface area (Å²) in [5.41, 5.74) is 1.66. The highest BCUT2D eigenvalue weighted by atomic mass is 16.5. The molecule has 2 saturated heterocycles. The van der Waals surface area contributed by atoms with Crippen molar-refractivity contribution in [3.63, 3.8) is 0 Å². The number of carbonyl (C=O) groups excluding carboxylic acids is 3. The van der Waals surface area contributed by atoms with Crippen LogP contribution in [-0.2, 0) is 16.1 Å². The fourth-order valence-electron chi connectivity index (χ4n) is 5.53. The fourth-order valence-corrected chi connectivity index (χ4v) is 5.53. The molecule has 0 bridgehead atoms. The number of nitrogens with one attached hydrogen (secondary N) is 1. The highest BCUT2D eigenvalue weighted by molar-refractivity contribution is 5.99. The van der Waals surface area contributed by atoms with Gasteiger partial charge in [-0.1, -0.05) is 24.3 Å². The number of piperidine rings is 1. The van der Waals surface area contributed by atoms with Gasteiger partial charge in [0.25, 0.3) is 11.8 Å². The molecular weight excluding hydrogens is 524 g/mol. The molecule has 2 aliphatic rings.